The van der Waals surface area contributed by atoms with E-state index in [4.69, 9.17) is 0 Å². The van der Waals surface area contributed by atoms with E-state index in [0.29, 0.717) is 6.07 Å². The molecule has 9 heteroatoms. The van der Waals surface area contributed by atoms with Crippen molar-refractivity contribution in [2.75, 3.05) is 6.26 Å². The van der Waals surface area contributed by atoms with E-state index in [2.05, 4.69) is 4.98 Å². The predicted octanol–water partition coefficient (Wildman–Crippen LogP) is 1.94. The second-order valence-corrected chi connectivity index (χ2v) is 6.02. The van der Waals surface area contributed by atoms with Crippen molar-refractivity contribution < 1.29 is 26.4 Å². The molecule has 2 aromatic rings. The Morgan fingerprint density at radius 1 is 1.24 bits per heavy atom. The van der Waals surface area contributed by atoms with Crippen molar-refractivity contribution in [2.24, 2.45) is 0 Å². The first-order valence-corrected chi connectivity index (χ1v) is 7.46. The van der Waals surface area contributed by atoms with E-state index in [1.807, 2.05) is 0 Å². The summed E-state index contributed by atoms with van der Waals surface area (Å²) < 4.78 is 62.6. The zero-order valence-electron chi connectivity index (χ0n) is 10.6. The maximum atomic E-state index is 13.0. The van der Waals surface area contributed by atoms with Crippen molar-refractivity contribution in [3.05, 3.63) is 41.6 Å². The molecule has 2 rings (SSSR count). The molecule has 1 heterocycles. The number of carbonyl (C=O) groups excluding carboxylic acids is 1. The Balaban J connectivity index is 2.65. The lowest BCUT2D eigenvalue weighted by atomic mass is 10.1. The molecule has 0 bridgehead atoms. The Kier molecular flexibility index (Phi) is 3.62. The minimum atomic E-state index is -4.69. The third kappa shape index (κ3) is 3.48. The molecular weight excluding hydrogens is 309 g/mol. The number of hydrogen-bond donors (Lipinski definition) is 1. The molecule has 0 saturated heterocycles. The van der Waals surface area contributed by atoms with Crippen molar-refractivity contribution in [3.8, 4) is 0 Å². The number of sulfonamides is 1. The molecule has 0 aliphatic heterocycles. The fourth-order valence-electron chi connectivity index (χ4n) is 1.75. The van der Waals surface area contributed by atoms with Gasteiger partial charge >= 0.3 is 6.18 Å². The zero-order chi connectivity index (χ0) is 15.8. The maximum Gasteiger partial charge on any atom is 0.417 e. The quantitative estimate of drug-likeness (QED) is 0.918. The minimum Gasteiger partial charge on any atom is -0.266 e. The van der Waals surface area contributed by atoms with Crippen LogP contribution in [0.25, 0.3) is 10.9 Å². The van der Waals surface area contributed by atoms with Gasteiger partial charge in [-0.1, -0.05) is 18.2 Å². The Labute approximate surface area is 117 Å². The summed E-state index contributed by atoms with van der Waals surface area (Å²) in [5, 5.41) is -0.166. The number of amides is 1. The van der Waals surface area contributed by atoms with Crippen molar-refractivity contribution in [1.82, 2.24) is 9.71 Å². The summed E-state index contributed by atoms with van der Waals surface area (Å²) in [5.74, 6) is -1.21. The van der Waals surface area contributed by atoms with Crippen LogP contribution in [-0.4, -0.2) is 25.6 Å². The zero-order valence-corrected chi connectivity index (χ0v) is 11.4. The van der Waals surface area contributed by atoms with E-state index in [-0.39, 0.29) is 10.9 Å². The van der Waals surface area contributed by atoms with Gasteiger partial charge in [0.05, 0.1) is 17.3 Å². The summed E-state index contributed by atoms with van der Waals surface area (Å²) in [7, 11) is -3.89. The number of aromatic nitrogens is 1. The maximum absolute atomic E-state index is 13.0. The van der Waals surface area contributed by atoms with Crippen LogP contribution in [0.3, 0.4) is 0 Å². The van der Waals surface area contributed by atoms with Crippen LogP contribution in [0.4, 0.5) is 13.2 Å². The van der Waals surface area contributed by atoms with Gasteiger partial charge < -0.3 is 0 Å². The number of benzene rings is 1. The second kappa shape index (κ2) is 4.99. The van der Waals surface area contributed by atoms with E-state index in [0.717, 1.165) is 6.26 Å². The van der Waals surface area contributed by atoms with Crippen molar-refractivity contribution in [1.29, 1.82) is 0 Å². The molecule has 1 amide bonds. The first-order chi connectivity index (χ1) is 9.58. The number of nitrogens with one attached hydrogen (secondary N) is 1. The number of nitrogens with zero attached hydrogens (tertiary/aromatic N) is 1. The molecule has 0 aliphatic carbocycles. The normalized spacial score (nSPS) is 12.4. The lowest BCUT2D eigenvalue weighted by molar-refractivity contribution is -0.136. The summed E-state index contributed by atoms with van der Waals surface area (Å²) in [4.78, 5) is 15.4. The van der Waals surface area contributed by atoms with Gasteiger partial charge in [0.2, 0.25) is 10.0 Å². The molecule has 0 radical (unpaired) electrons. The molecule has 0 spiro atoms. The molecule has 5 nitrogen and oxygen atoms in total. The number of carbonyl (C=O) groups is 1. The van der Waals surface area contributed by atoms with Gasteiger partial charge in [-0.3, -0.25) is 4.79 Å². The SMILES string of the molecule is CS(=O)(=O)NC(=O)c1cc(C(F)(F)F)c2ccccc2n1. The third-order valence-corrected chi connectivity index (χ3v) is 3.09. The Hall–Kier alpha value is -2.16. The second-order valence-electron chi connectivity index (χ2n) is 4.27. The van der Waals surface area contributed by atoms with Gasteiger partial charge in [-0.25, -0.2) is 18.1 Å². The van der Waals surface area contributed by atoms with Gasteiger partial charge in [0, 0.05) is 5.39 Å². The van der Waals surface area contributed by atoms with Gasteiger partial charge in [0.1, 0.15) is 5.69 Å². The molecular formula is C12H9F3N2O3S. The smallest absolute Gasteiger partial charge is 0.266 e. The monoisotopic (exact) mass is 318 g/mol. The van der Waals surface area contributed by atoms with Gasteiger partial charge in [-0.15, -0.1) is 0 Å². The average Bonchev–Trinajstić information content (AvgIpc) is 2.34. The van der Waals surface area contributed by atoms with Gasteiger partial charge in [-0.05, 0) is 12.1 Å². The first-order valence-electron chi connectivity index (χ1n) is 5.57. The fraction of sp³-hybridized carbons (Fsp3) is 0.167. The summed E-state index contributed by atoms with van der Waals surface area (Å²) in [6.45, 7) is 0. The molecule has 1 aromatic heterocycles. The van der Waals surface area contributed by atoms with Crippen molar-refractivity contribution in [2.45, 2.75) is 6.18 Å². The van der Waals surface area contributed by atoms with Crippen LogP contribution in [0.5, 0.6) is 0 Å². The summed E-state index contributed by atoms with van der Waals surface area (Å²) in [6.07, 6.45) is -3.97. The van der Waals surface area contributed by atoms with Crippen molar-refractivity contribution >= 4 is 26.8 Å². The van der Waals surface area contributed by atoms with Gasteiger partial charge in [0.15, 0.2) is 0 Å². The largest absolute Gasteiger partial charge is 0.417 e. The molecule has 0 saturated carbocycles. The predicted molar refractivity (Wildman–Crippen MR) is 69.1 cm³/mol. The lowest BCUT2D eigenvalue weighted by Gasteiger charge is -2.12. The van der Waals surface area contributed by atoms with Crippen LogP contribution >= 0.6 is 0 Å². The Morgan fingerprint density at radius 3 is 2.43 bits per heavy atom. The summed E-state index contributed by atoms with van der Waals surface area (Å²) in [5.41, 5.74) is -1.72. The number of alkyl halides is 3. The Bertz CT molecular complexity index is 816. The molecule has 0 atom stereocenters. The number of halogens is 3. The van der Waals surface area contributed by atoms with Crippen LogP contribution in [0, 0.1) is 0 Å². The summed E-state index contributed by atoms with van der Waals surface area (Å²) >= 11 is 0. The molecule has 21 heavy (non-hydrogen) atoms. The van der Waals surface area contributed by atoms with E-state index >= 15 is 0 Å². The standard InChI is InChI=1S/C12H9F3N2O3S/c1-21(19,20)17-11(18)10-6-8(12(13,14)15)7-4-2-3-5-9(7)16-10/h2-6H,1H3,(H,17,18). The molecule has 0 aliphatic rings. The number of fused-ring (bicyclic) bond motifs is 1. The van der Waals surface area contributed by atoms with E-state index in [1.54, 1.807) is 4.72 Å². The van der Waals surface area contributed by atoms with Gasteiger partial charge in [-0.2, -0.15) is 13.2 Å². The molecule has 1 aromatic carbocycles. The topological polar surface area (TPSA) is 76.1 Å². The van der Waals surface area contributed by atoms with E-state index in [9.17, 15) is 26.4 Å². The van der Waals surface area contributed by atoms with Crippen LogP contribution < -0.4 is 4.72 Å². The Morgan fingerprint density at radius 2 is 1.86 bits per heavy atom. The highest BCUT2D eigenvalue weighted by Gasteiger charge is 2.34. The highest BCUT2D eigenvalue weighted by molar-refractivity contribution is 7.89. The lowest BCUT2D eigenvalue weighted by Crippen LogP contribution is -2.30. The molecule has 112 valence electrons. The van der Waals surface area contributed by atoms with Crippen LogP contribution in [-0.2, 0) is 16.2 Å². The number of pyridine rings is 1. The highest BCUT2D eigenvalue weighted by atomic mass is 32.2. The summed E-state index contributed by atoms with van der Waals surface area (Å²) in [6, 6.07) is 5.94. The molecule has 1 N–H and O–H groups in total. The minimum absolute atomic E-state index is 0.0500. The number of rotatable bonds is 2. The van der Waals surface area contributed by atoms with Crippen LogP contribution in [0.2, 0.25) is 0 Å². The molecule has 0 unspecified atom stereocenters. The van der Waals surface area contributed by atoms with Crippen LogP contribution in [0.1, 0.15) is 16.1 Å². The fourth-order valence-corrected chi connectivity index (χ4v) is 2.19. The number of hydrogen-bond acceptors (Lipinski definition) is 4. The van der Waals surface area contributed by atoms with Gasteiger partial charge in [0.25, 0.3) is 5.91 Å². The third-order valence-electron chi connectivity index (χ3n) is 2.53. The highest BCUT2D eigenvalue weighted by Crippen LogP contribution is 2.34. The number of para-hydroxylation sites is 1. The average molecular weight is 318 g/mol. The van der Waals surface area contributed by atoms with E-state index < -0.39 is 33.4 Å². The van der Waals surface area contributed by atoms with Crippen molar-refractivity contribution in [3.63, 3.8) is 0 Å². The first kappa shape index (κ1) is 15.2. The van der Waals surface area contributed by atoms with E-state index in [1.165, 1.54) is 24.3 Å². The molecule has 0 fully saturated rings. The van der Waals surface area contributed by atoms with Crippen LogP contribution in [0.15, 0.2) is 30.3 Å².